The number of carbonyl (C=O) groups is 2. The van der Waals surface area contributed by atoms with Gasteiger partial charge in [0.25, 0.3) is 5.69 Å². The van der Waals surface area contributed by atoms with E-state index in [-0.39, 0.29) is 16.8 Å². The molecule has 3 aromatic rings. The summed E-state index contributed by atoms with van der Waals surface area (Å²) in [5, 5.41) is 34.3. The number of fused-ring (bicyclic) bond motifs is 2. The van der Waals surface area contributed by atoms with E-state index in [2.05, 4.69) is 5.32 Å². The number of anilines is 2. The lowest BCUT2D eigenvalue weighted by Crippen LogP contribution is -2.22. The Hall–Kier alpha value is -4.20. The third kappa shape index (κ3) is 2.55. The predicted octanol–water partition coefficient (Wildman–Crippen LogP) is 3.53. The largest absolute Gasteiger partial charge is 0.504 e. The maximum atomic E-state index is 12.9. The molecule has 4 rings (SSSR count). The highest BCUT2D eigenvalue weighted by Gasteiger charge is 2.38. The lowest BCUT2D eigenvalue weighted by atomic mass is 9.82. The summed E-state index contributed by atoms with van der Waals surface area (Å²) in [5.41, 5.74) is -0.776. The van der Waals surface area contributed by atoms with Gasteiger partial charge in [0.05, 0.1) is 10.5 Å². The van der Waals surface area contributed by atoms with Gasteiger partial charge in [-0.15, -0.1) is 0 Å². The number of ketones is 2. The fourth-order valence-corrected chi connectivity index (χ4v) is 3.22. The number of para-hydroxylation sites is 1. The van der Waals surface area contributed by atoms with E-state index in [1.165, 1.54) is 12.1 Å². The van der Waals surface area contributed by atoms with Crippen molar-refractivity contribution < 1.29 is 24.7 Å². The van der Waals surface area contributed by atoms with Crippen molar-refractivity contribution in [1.29, 1.82) is 0 Å². The van der Waals surface area contributed by atoms with Crippen LogP contribution < -0.4 is 5.32 Å². The van der Waals surface area contributed by atoms with Crippen LogP contribution in [-0.4, -0.2) is 26.7 Å². The van der Waals surface area contributed by atoms with Crippen LogP contribution in [0.3, 0.4) is 0 Å². The lowest BCUT2D eigenvalue weighted by molar-refractivity contribution is -0.385. The predicted molar refractivity (Wildman–Crippen MR) is 99.5 cm³/mol. The summed E-state index contributed by atoms with van der Waals surface area (Å²) in [6.45, 7) is 0. The number of phenols is 2. The molecule has 1 aliphatic carbocycles. The summed E-state index contributed by atoms with van der Waals surface area (Å²) in [7, 11) is 0. The third-order valence-corrected chi connectivity index (χ3v) is 4.48. The molecule has 1 aliphatic rings. The normalized spacial score (nSPS) is 12.3. The number of phenolic OH excluding ortho intramolecular Hbond substituents is 2. The van der Waals surface area contributed by atoms with Crippen molar-refractivity contribution in [3.8, 4) is 11.5 Å². The Kier molecular flexibility index (Phi) is 3.82. The van der Waals surface area contributed by atoms with Gasteiger partial charge in [0, 0.05) is 28.6 Å². The number of aromatic hydroxyl groups is 2. The highest BCUT2D eigenvalue weighted by Crippen LogP contribution is 2.41. The molecule has 3 N–H and O–H groups in total. The lowest BCUT2D eigenvalue weighted by Gasteiger charge is -2.20. The average Bonchev–Trinajstić information content (AvgIpc) is 2.68. The van der Waals surface area contributed by atoms with Crippen molar-refractivity contribution in [2.75, 3.05) is 5.32 Å². The van der Waals surface area contributed by atoms with Gasteiger partial charge in [0.2, 0.25) is 5.78 Å². The van der Waals surface area contributed by atoms with E-state index in [1.54, 1.807) is 24.3 Å². The fourth-order valence-electron chi connectivity index (χ4n) is 3.22. The van der Waals surface area contributed by atoms with E-state index in [0.717, 1.165) is 12.1 Å². The molecule has 0 saturated heterocycles. The maximum Gasteiger partial charge on any atom is 0.283 e. The first-order chi connectivity index (χ1) is 13.4. The number of rotatable bonds is 3. The fraction of sp³-hybridized carbons (Fsp3) is 0. The molecule has 28 heavy (non-hydrogen) atoms. The summed E-state index contributed by atoms with van der Waals surface area (Å²) >= 11 is 0. The quantitative estimate of drug-likeness (QED) is 0.283. The molecule has 0 radical (unpaired) electrons. The molecule has 0 saturated carbocycles. The molecule has 0 heterocycles. The number of benzene rings is 3. The van der Waals surface area contributed by atoms with E-state index in [9.17, 15) is 29.9 Å². The average molecular weight is 376 g/mol. The van der Waals surface area contributed by atoms with Crippen molar-refractivity contribution in [3.63, 3.8) is 0 Å². The van der Waals surface area contributed by atoms with E-state index in [4.69, 9.17) is 0 Å². The van der Waals surface area contributed by atoms with Crippen LogP contribution >= 0.6 is 0 Å². The zero-order chi connectivity index (χ0) is 20.0. The Bertz CT molecular complexity index is 1170. The Morgan fingerprint density at radius 3 is 2.21 bits per heavy atom. The van der Waals surface area contributed by atoms with Gasteiger partial charge in [-0.1, -0.05) is 18.2 Å². The van der Waals surface area contributed by atoms with Gasteiger partial charge in [0.15, 0.2) is 17.3 Å². The smallest absolute Gasteiger partial charge is 0.283 e. The first-order valence-corrected chi connectivity index (χ1v) is 8.17. The molecule has 0 fully saturated rings. The molecule has 0 aliphatic heterocycles. The molecule has 0 bridgehead atoms. The number of nitro benzene ring substituents is 1. The second-order valence-electron chi connectivity index (χ2n) is 6.18. The Labute approximate surface area is 157 Å². The zero-order valence-electron chi connectivity index (χ0n) is 14.2. The van der Waals surface area contributed by atoms with Crippen molar-refractivity contribution in [2.45, 2.75) is 0 Å². The molecule has 0 amide bonds. The Morgan fingerprint density at radius 1 is 0.821 bits per heavy atom. The van der Waals surface area contributed by atoms with Crippen LogP contribution in [0, 0.1) is 10.1 Å². The molecule has 0 unspecified atom stereocenters. The number of carbonyl (C=O) groups excluding carboxylic acids is 2. The molecule has 138 valence electrons. The van der Waals surface area contributed by atoms with Gasteiger partial charge in [-0.25, -0.2) is 0 Å². The molecular formula is C20H12N2O6. The monoisotopic (exact) mass is 376 g/mol. The summed E-state index contributed by atoms with van der Waals surface area (Å²) in [4.78, 5) is 36.6. The second-order valence-corrected chi connectivity index (χ2v) is 6.18. The van der Waals surface area contributed by atoms with Crippen LogP contribution in [0.25, 0.3) is 0 Å². The van der Waals surface area contributed by atoms with Crippen LogP contribution in [0.15, 0.2) is 54.6 Å². The Balaban J connectivity index is 1.93. The number of nitro groups is 1. The molecular weight excluding hydrogens is 364 g/mol. The van der Waals surface area contributed by atoms with Gasteiger partial charge < -0.3 is 15.5 Å². The minimum Gasteiger partial charge on any atom is -0.504 e. The molecule has 0 atom stereocenters. The van der Waals surface area contributed by atoms with E-state index in [1.807, 2.05) is 6.07 Å². The molecule has 8 nitrogen and oxygen atoms in total. The Morgan fingerprint density at radius 2 is 1.54 bits per heavy atom. The standard InChI is InChI=1S/C20H12N2O6/c23-15-7-6-12-17(19(15)25)20(26)16-13(18(12)24)8-11(9-14(16)22(27)28)21-10-4-2-1-3-5-10/h1-9,21,23,25H. The highest BCUT2D eigenvalue weighted by molar-refractivity contribution is 6.31. The van der Waals surface area contributed by atoms with Gasteiger partial charge in [0.1, 0.15) is 5.56 Å². The first-order valence-electron chi connectivity index (χ1n) is 8.17. The SMILES string of the molecule is O=C1c2cc(Nc3ccccc3)cc([N+](=O)[O-])c2C(=O)c2c1ccc(O)c2O. The minimum atomic E-state index is -0.893. The molecule has 8 heteroatoms. The van der Waals surface area contributed by atoms with Crippen molar-refractivity contribution in [3.05, 3.63) is 87.0 Å². The van der Waals surface area contributed by atoms with Gasteiger partial charge >= 0.3 is 0 Å². The first kappa shape index (κ1) is 17.2. The van der Waals surface area contributed by atoms with E-state index >= 15 is 0 Å². The summed E-state index contributed by atoms with van der Waals surface area (Å²) < 4.78 is 0. The molecule has 3 aromatic carbocycles. The number of nitrogens with zero attached hydrogens (tertiary/aromatic N) is 1. The van der Waals surface area contributed by atoms with E-state index in [0.29, 0.717) is 5.69 Å². The van der Waals surface area contributed by atoms with Gasteiger partial charge in [-0.3, -0.25) is 19.7 Å². The number of hydrogen-bond donors (Lipinski definition) is 3. The van der Waals surface area contributed by atoms with Crippen LogP contribution in [0.4, 0.5) is 17.1 Å². The maximum absolute atomic E-state index is 12.9. The topological polar surface area (TPSA) is 130 Å². The van der Waals surface area contributed by atoms with Gasteiger partial charge in [-0.05, 0) is 30.3 Å². The van der Waals surface area contributed by atoms with Crippen LogP contribution in [0.5, 0.6) is 11.5 Å². The molecule has 0 aromatic heterocycles. The van der Waals surface area contributed by atoms with Crippen LogP contribution in [0.1, 0.15) is 31.8 Å². The van der Waals surface area contributed by atoms with E-state index < -0.39 is 44.8 Å². The third-order valence-electron chi connectivity index (χ3n) is 4.48. The van der Waals surface area contributed by atoms with Crippen LogP contribution in [0.2, 0.25) is 0 Å². The number of nitrogens with one attached hydrogen (secondary N) is 1. The highest BCUT2D eigenvalue weighted by atomic mass is 16.6. The van der Waals surface area contributed by atoms with Crippen molar-refractivity contribution >= 4 is 28.6 Å². The number of hydrogen-bond acceptors (Lipinski definition) is 7. The minimum absolute atomic E-state index is 0.126. The van der Waals surface area contributed by atoms with Crippen LogP contribution in [-0.2, 0) is 0 Å². The summed E-state index contributed by atoms with van der Waals surface area (Å²) in [5.74, 6) is -2.91. The summed E-state index contributed by atoms with van der Waals surface area (Å²) in [6, 6.07) is 13.7. The zero-order valence-corrected chi connectivity index (χ0v) is 14.2. The van der Waals surface area contributed by atoms with Crippen molar-refractivity contribution in [1.82, 2.24) is 0 Å². The second kappa shape index (κ2) is 6.20. The molecule has 0 spiro atoms. The van der Waals surface area contributed by atoms with Crippen molar-refractivity contribution in [2.24, 2.45) is 0 Å². The summed E-state index contributed by atoms with van der Waals surface area (Å²) in [6.07, 6.45) is 0. The van der Waals surface area contributed by atoms with Gasteiger partial charge in [-0.2, -0.15) is 0 Å².